The Balaban J connectivity index is 1.53. The summed E-state index contributed by atoms with van der Waals surface area (Å²) in [4.78, 5) is 0. The maximum atomic E-state index is 13.2. The number of ether oxygens (including phenoxy) is 2. The van der Waals surface area contributed by atoms with Gasteiger partial charge in [0.05, 0.1) is 16.2 Å². The fraction of sp³-hybridized carbons (Fsp3) is 0.625. The summed E-state index contributed by atoms with van der Waals surface area (Å²) in [6.45, 7) is 0.555. The van der Waals surface area contributed by atoms with Crippen molar-refractivity contribution in [3.8, 4) is 5.75 Å². The molecular formula is C16H20BrFO2. The van der Waals surface area contributed by atoms with Gasteiger partial charge in [0.25, 0.3) is 0 Å². The third-order valence-corrected chi connectivity index (χ3v) is 5.04. The minimum Gasteiger partial charge on any atom is -0.491 e. The Hall–Kier alpha value is -0.610. The fourth-order valence-electron chi connectivity index (χ4n) is 3.33. The number of hydrogen-bond donors (Lipinski definition) is 0. The number of benzene rings is 1. The van der Waals surface area contributed by atoms with Gasteiger partial charge in [-0.25, -0.2) is 4.39 Å². The number of halogens is 2. The minimum absolute atomic E-state index is 0.135. The van der Waals surface area contributed by atoms with Gasteiger partial charge in [-0.1, -0.05) is 19.3 Å². The van der Waals surface area contributed by atoms with Crippen LogP contribution in [0, 0.1) is 5.82 Å². The van der Waals surface area contributed by atoms with E-state index in [4.69, 9.17) is 9.47 Å². The van der Waals surface area contributed by atoms with Crippen molar-refractivity contribution in [3.63, 3.8) is 0 Å². The van der Waals surface area contributed by atoms with Crippen LogP contribution in [0.4, 0.5) is 4.39 Å². The lowest BCUT2D eigenvalue weighted by molar-refractivity contribution is -0.0748. The van der Waals surface area contributed by atoms with Gasteiger partial charge in [-0.3, -0.25) is 0 Å². The Kier molecular flexibility index (Phi) is 4.32. The molecule has 0 radical (unpaired) electrons. The van der Waals surface area contributed by atoms with Crippen LogP contribution in [0.1, 0.15) is 44.9 Å². The second kappa shape index (κ2) is 6.02. The molecule has 1 aliphatic carbocycles. The van der Waals surface area contributed by atoms with Crippen LogP contribution < -0.4 is 4.74 Å². The molecule has 0 aromatic heterocycles. The Morgan fingerprint density at radius 2 is 2.05 bits per heavy atom. The Labute approximate surface area is 127 Å². The van der Waals surface area contributed by atoms with Crippen molar-refractivity contribution in [1.29, 1.82) is 0 Å². The molecule has 0 bridgehead atoms. The molecule has 0 amide bonds. The van der Waals surface area contributed by atoms with E-state index in [1.165, 1.54) is 38.2 Å². The van der Waals surface area contributed by atoms with Crippen LogP contribution in [0.15, 0.2) is 22.7 Å². The average molecular weight is 343 g/mol. The largest absolute Gasteiger partial charge is 0.491 e. The van der Waals surface area contributed by atoms with Gasteiger partial charge in [0.1, 0.15) is 18.2 Å². The predicted molar refractivity (Wildman–Crippen MR) is 79.5 cm³/mol. The molecular weight excluding hydrogens is 323 g/mol. The molecule has 20 heavy (non-hydrogen) atoms. The van der Waals surface area contributed by atoms with E-state index in [0.29, 0.717) is 16.8 Å². The predicted octanol–water partition coefficient (Wildman–Crippen LogP) is 4.85. The summed E-state index contributed by atoms with van der Waals surface area (Å²) in [7, 11) is 0. The zero-order chi connectivity index (χ0) is 14.0. The fourth-order valence-corrected chi connectivity index (χ4v) is 3.69. The van der Waals surface area contributed by atoms with Crippen molar-refractivity contribution in [2.45, 2.75) is 56.7 Å². The van der Waals surface area contributed by atoms with Crippen LogP contribution in [0.25, 0.3) is 0 Å². The van der Waals surface area contributed by atoms with E-state index in [-0.39, 0.29) is 17.5 Å². The second-order valence-corrected chi connectivity index (χ2v) is 6.76. The van der Waals surface area contributed by atoms with E-state index in [1.54, 1.807) is 12.1 Å². The van der Waals surface area contributed by atoms with Crippen LogP contribution in [-0.4, -0.2) is 18.3 Å². The van der Waals surface area contributed by atoms with Crippen molar-refractivity contribution >= 4 is 15.9 Å². The summed E-state index contributed by atoms with van der Waals surface area (Å²) < 4.78 is 25.6. The maximum Gasteiger partial charge on any atom is 0.137 e. The van der Waals surface area contributed by atoms with E-state index >= 15 is 0 Å². The van der Waals surface area contributed by atoms with Crippen molar-refractivity contribution < 1.29 is 13.9 Å². The lowest BCUT2D eigenvalue weighted by Gasteiger charge is -2.33. The van der Waals surface area contributed by atoms with Gasteiger partial charge in [0, 0.05) is 0 Å². The van der Waals surface area contributed by atoms with Crippen molar-refractivity contribution in [2.75, 3.05) is 6.61 Å². The van der Waals surface area contributed by atoms with Gasteiger partial charge < -0.3 is 9.47 Å². The molecule has 2 nitrogen and oxygen atoms in total. The number of hydrogen-bond acceptors (Lipinski definition) is 2. The van der Waals surface area contributed by atoms with Crippen molar-refractivity contribution in [2.24, 2.45) is 0 Å². The molecule has 3 rings (SSSR count). The van der Waals surface area contributed by atoms with Gasteiger partial charge in [-0.15, -0.1) is 0 Å². The highest BCUT2D eigenvalue weighted by Crippen LogP contribution is 2.41. The topological polar surface area (TPSA) is 18.5 Å². The van der Waals surface area contributed by atoms with Gasteiger partial charge in [-0.2, -0.15) is 0 Å². The van der Waals surface area contributed by atoms with Crippen LogP contribution in [0.5, 0.6) is 5.75 Å². The first-order valence-electron chi connectivity index (χ1n) is 7.43. The average Bonchev–Trinajstić information content (AvgIpc) is 2.84. The zero-order valence-electron chi connectivity index (χ0n) is 11.5. The third-order valence-electron chi connectivity index (χ3n) is 4.43. The Bertz CT molecular complexity index is 472. The Morgan fingerprint density at radius 3 is 2.80 bits per heavy atom. The highest BCUT2D eigenvalue weighted by molar-refractivity contribution is 9.10. The molecule has 1 aromatic carbocycles. The quantitative estimate of drug-likeness (QED) is 0.781. The summed E-state index contributed by atoms with van der Waals surface area (Å²) in [5.41, 5.74) is 0.135. The first-order valence-corrected chi connectivity index (χ1v) is 8.22. The Morgan fingerprint density at radius 1 is 1.25 bits per heavy atom. The molecule has 1 aliphatic heterocycles. The molecule has 2 fully saturated rings. The molecule has 1 spiro atoms. The van der Waals surface area contributed by atoms with Crippen molar-refractivity contribution in [3.05, 3.63) is 28.5 Å². The highest BCUT2D eigenvalue weighted by Gasteiger charge is 2.40. The molecule has 2 aliphatic rings. The molecule has 4 heteroatoms. The van der Waals surface area contributed by atoms with E-state index in [9.17, 15) is 4.39 Å². The molecule has 1 atom stereocenters. The van der Waals surface area contributed by atoms with Gasteiger partial charge in [0.2, 0.25) is 0 Å². The van der Waals surface area contributed by atoms with Crippen LogP contribution in [0.2, 0.25) is 0 Å². The first kappa shape index (κ1) is 14.3. The maximum absolute atomic E-state index is 13.2. The molecule has 110 valence electrons. The second-order valence-electron chi connectivity index (χ2n) is 5.91. The molecule has 1 saturated heterocycles. The summed E-state index contributed by atoms with van der Waals surface area (Å²) in [6, 6.07) is 4.74. The normalized spacial score (nSPS) is 25.0. The molecule has 1 aromatic rings. The van der Waals surface area contributed by atoms with Gasteiger partial charge >= 0.3 is 0 Å². The van der Waals surface area contributed by atoms with Crippen LogP contribution in [0.3, 0.4) is 0 Å². The zero-order valence-corrected chi connectivity index (χ0v) is 13.1. The third kappa shape index (κ3) is 3.17. The van der Waals surface area contributed by atoms with E-state index < -0.39 is 0 Å². The van der Waals surface area contributed by atoms with Crippen molar-refractivity contribution in [1.82, 2.24) is 0 Å². The van der Waals surface area contributed by atoms with E-state index in [0.717, 1.165) is 12.8 Å². The summed E-state index contributed by atoms with van der Waals surface area (Å²) in [5.74, 6) is 0.419. The van der Waals surface area contributed by atoms with E-state index in [1.807, 2.05) is 0 Å². The first-order chi connectivity index (χ1) is 9.67. The summed E-state index contributed by atoms with van der Waals surface area (Å²) in [6.07, 6.45) is 8.73. The highest BCUT2D eigenvalue weighted by atomic mass is 79.9. The summed E-state index contributed by atoms with van der Waals surface area (Å²) >= 11 is 3.17. The van der Waals surface area contributed by atoms with E-state index in [2.05, 4.69) is 15.9 Å². The van der Waals surface area contributed by atoms with Crippen LogP contribution in [-0.2, 0) is 4.74 Å². The number of rotatable bonds is 3. The monoisotopic (exact) mass is 342 g/mol. The SMILES string of the molecule is Fc1ccc(OCC2CCC3(CCCCC3)O2)cc1Br. The molecule has 0 N–H and O–H groups in total. The van der Waals surface area contributed by atoms with Gasteiger partial charge in [-0.05, 0) is 59.8 Å². The standard InChI is InChI=1S/C16H20BrFO2/c17-14-10-12(4-5-15(14)18)19-11-13-6-9-16(20-13)7-2-1-3-8-16/h4-5,10,13H,1-3,6-9,11H2. The molecule has 1 unspecified atom stereocenters. The van der Waals surface area contributed by atoms with Crippen LogP contribution >= 0.6 is 15.9 Å². The summed E-state index contributed by atoms with van der Waals surface area (Å²) in [5, 5.41) is 0. The smallest absolute Gasteiger partial charge is 0.137 e. The minimum atomic E-state index is -0.268. The lowest BCUT2D eigenvalue weighted by atomic mass is 9.83. The molecule has 1 saturated carbocycles. The van der Waals surface area contributed by atoms with Gasteiger partial charge in [0.15, 0.2) is 0 Å². The molecule has 1 heterocycles. The lowest BCUT2D eigenvalue weighted by Crippen LogP contribution is -2.32.